The second-order valence-electron chi connectivity index (χ2n) is 3.87. The Morgan fingerprint density at radius 3 is 2.90 bits per heavy atom. The number of hydrogen-bond donors (Lipinski definition) is 2. The topological polar surface area (TPSA) is 87.7 Å². The molecule has 2 aromatic rings. The predicted molar refractivity (Wildman–Crippen MR) is 78.1 cm³/mol. The fourth-order valence-corrected chi connectivity index (χ4v) is 2.30. The van der Waals surface area contributed by atoms with Gasteiger partial charge in [-0.3, -0.25) is 14.6 Å². The number of benzene rings is 1. The average molecular weight is 311 g/mol. The number of nitrogens with zero attached hydrogens (tertiary/aromatic N) is 2. The summed E-state index contributed by atoms with van der Waals surface area (Å²) in [5.74, 6) is -0.241. The maximum Gasteiger partial charge on any atom is 0.270 e. The van der Waals surface area contributed by atoms with E-state index >= 15 is 0 Å². The van der Waals surface area contributed by atoms with Crippen molar-refractivity contribution in [2.75, 3.05) is 5.32 Å². The molecule has 1 aromatic heterocycles. The third kappa shape index (κ3) is 3.82. The Kier molecular flexibility index (Phi) is 4.75. The number of amides is 1. The van der Waals surface area contributed by atoms with Crippen LogP contribution in [-0.2, 0) is 4.79 Å². The van der Waals surface area contributed by atoms with Gasteiger partial charge in [0.1, 0.15) is 6.20 Å². The number of hydrogen-bond acceptors (Lipinski definition) is 5. The molecule has 0 unspecified atom stereocenters. The van der Waals surface area contributed by atoms with Gasteiger partial charge in [-0.2, -0.15) is 5.10 Å². The van der Waals surface area contributed by atoms with Crippen molar-refractivity contribution >= 4 is 35.0 Å². The zero-order chi connectivity index (χ0) is 14.5. The number of rotatable bonds is 4. The van der Waals surface area contributed by atoms with Crippen LogP contribution in [0.15, 0.2) is 40.4 Å². The molecule has 0 radical (unpaired) electrons. The Morgan fingerprint density at radius 1 is 1.45 bits per heavy atom. The normalized spacial score (nSPS) is 11.9. The molecular weight excluding hydrogens is 300 g/mol. The van der Waals surface area contributed by atoms with E-state index in [-0.39, 0.29) is 11.5 Å². The number of halogens is 1. The number of aromatic nitrogens is 3. The van der Waals surface area contributed by atoms with E-state index in [4.69, 9.17) is 11.6 Å². The Bertz CT molecular complexity index is 676. The first-order valence-corrected chi connectivity index (χ1v) is 6.96. The second-order valence-corrected chi connectivity index (χ2v) is 5.60. The molecule has 0 spiro atoms. The highest BCUT2D eigenvalue weighted by molar-refractivity contribution is 8.00. The SMILES string of the molecule is C[C@H](Sc1nncc(=O)[nH]1)C(=O)Nc1ccccc1Cl. The fraction of sp³-hybridized carbons (Fsp3) is 0.167. The summed E-state index contributed by atoms with van der Waals surface area (Å²) in [4.78, 5) is 25.6. The van der Waals surface area contributed by atoms with Crippen molar-refractivity contribution in [3.8, 4) is 0 Å². The minimum atomic E-state index is -0.460. The summed E-state index contributed by atoms with van der Waals surface area (Å²) in [6, 6.07) is 6.96. The lowest BCUT2D eigenvalue weighted by atomic mass is 10.3. The minimum absolute atomic E-state index is 0.241. The van der Waals surface area contributed by atoms with Gasteiger partial charge >= 0.3 is 0 Å². The van der Waals surface area contributed by atoms with E-state index in [0.717, 1.165) is 18.0 Å². The van der Waals surface area contributed by atoms with Crippen molar-refractivity contribution in [2.24, 2.45) is 0 Å². The van der Waals surface area contributed by atoms with E-state index in [0.29, 0.717) is 15.9 Å². The first kappa shape index (κ1) is 14.5. The summed E-state index contributed by atoms with van der Waals surface area (Å²) in [5, 5.41) is 10.3. The third-order valence-corrected chi connectivity index (χ3v) is 3.65. The average Bonchev–Trinajstić information content (AvgIpc) is 2.41. The summed E-state index contributed by atoms with van der Waals surface area (Å²) < 4.78 is 0. The Labute approximate surface area is 124 Å². The molecule has 8 heteroatoms. The highest BCUT2D eigenvalue weighted by Crippen LogP contribution is 2.23. The van der Waals surface area contributed by atoms with Crippen LogP contribution in [0.5, 0.6) is 0 Å². The molecule has 1 atom stereocenters. The van der Waals surface area contributed by atoms with Crippen LogP contribution in [0.1, 0.15) is 6.92 Å². The van der Waals surface area contributed by atoms with Gasteiger partial charge in [0.25, 0.3) is 5.56 Å². The minimum Gasteiger partial charge on any atom is -0.324 e. The van der Waals surface area contributed by atoms with Crippen molar-refractivity contribution < 1.29 is 4.79 Å². The fourth-order valence-electron chi connectivity index (χ4n) is 1.37. The first-order valence-electron chi connectivity index (χ1n) is 5.70. The molecule has 104 valence electrons. The Morgan fingerprint density at radius 2 is 2.20 bits per heavy atom. The van der Waals surface area contributed by atoms with Gasteiger partial charge in [0, 0.05) is 0 Å². The summed E-state index contributed by atoms with van der Waals surface area (Å²) in [6.07, 6.45) is 1.07. The van der Waals surface area contributed by atoms with Gasteiger partial charge in [0.05, 0.1) is 16.0 Å². The largest absolute Gasteiger partial charge is 0.324 e. The molecule has 0 fully saturated rings. The van der Waals surface area contributed by atoms with Gasteiger partial charge in [-0.1, -0.05) is 35.5 Å². The smallest absolute Gasteiger partial charge is 0.270 e. The summed E-state index contributed by atoms with van der Waals surface area (Å²) in [6.45, 7) is 1.70. The number of para-hydroxylation sites is 1. The third-order valence-electron chi connectivity index (χ3n) is 2.34. The molecule has 0 saturated heterocycles. The molecule has 6 nitrogen and oxygen atoms in total. The van der Waals surface area contributed by atoms with Gasteiger partial charge in [-0.15, -0.1) is 5.10 Å². The number of aromatic amines is 1. The van der Waals surface area contributed by atoms with E-state index in [9.17, 15) is 9.59 Å². The lowest BCUT2D eigenvalue weighted by Gasteiger charge is -2.11. The van der Waals surface area contributed by atoms with Crippen LogP contribution < -0.4 is 10.9 Å². The monoisotopic (exact) mass is 310 g/mol. The van der Waals surface area contributed by atoms with E-state index in [1.807, 2.05) is 0 Å². The van der Waals surface area contributed by atoms with E-state index in [2.05, 4.69) is 20.5 Å². The lowest BCUT2D eigenvalue weighted by Crippen LogP contribution is -2.23. The van der Waals surface area contributed by atoms with E-state index in [1.54, 1.807) is 31.2 Å². The molecule has 0 bridgehead atoms. The number of anilines is 1. The molecular formula is C12H11ClN4O2S. The van der Waals surface area contributed by atoms with Gasteiger partial charge in [-0.25, -0.2) is 0 Å². The van der Waals surface area contributed by atoms with Crippen LogP contribution in [0.25, 0.3) is 0 Å². The summed E-state index contributed by atoms with van der Waals surface area (Å²) in [5.41, 5.74) is 0.181. The first-order chi connectivity index (χ1) is 9.56. The van der Waals surface area contributed by atoms with Crippen molar-refractivity contribution in [3.63, 3.8) is 0 Å². The summed E-state index contributed by atoms with van der Waals surface area (Å²) >= 11 is 7.07. The molecule has 0 saturated carbocycles. The number of carbonyl (C=O) groups is 1. The van der Waals surface area contributed by atoms with Crippen LogP contribution in [0.4, 0.5) is 5.69 Å². The van der Waals surface area contributed by atoms with Gasteiger partial charge in [0.15, 0.2) is 5.16 Å². The van der Waals surface area contributed by atoms with Crippen molar-refractivity contribution in [3.05, 3.63) is 45.8 Å². The number of H-pyrrole nitrogens is 1. The molecule has 2 N–H and O–H groups in total. The van der Waals surface area contributed by atoms with Crippen LogP contribution in [-0.4, -0.2) is 26.3 Å². The standard InChI is InChI=1S/C12H11ClN4O2S/c1-7(20-12-16-10(18)6-14-17-12)11(19)15-9-5-3-2-4-8(9)13/h2-7H,1H3,(H,15,19)(H,16,17,18)/t7-/m0/s1. The van der Waals surface area contributed by atoms with Crippen molar-refractivity contribution in [1.82, 2.24) is 15.2 Å². The molecule has 1 aromatic carbocycles. The van der Waals surface area contributed by atoms with Gasteiger partial charge in [0.2, 0.25) is 5.91 Å². The van der Waals surface area contributed by atoms with Crippen LogP contribution in [0, 0.1) is 0 Å². The number of carbonyl (C=O) groups excluding carboxylic acids is 1. The van der Waals surface area contributed by atoms with E-state index < -0.39 is 5.25 Å². The maximum absolute atomic E-state index is 12.0. The predicted octanol–water partition coefficient (Wildman–Crippen LogP) is 1.94. The zero-order valence-corrected chi connectivity index (χ0v) is 12.0. The van der Waals surface area contributed by atoms with Crippen molar-refractivity contribution in [2.45, 2.75) is 17.3 Å². The molecule has 0 aliphatic heterocycles. The molecule has 0 aliphatic carbocycles. The molecule has 0 aliphatic rings. The molecule has 20 heavy (non-hydrogen) atoms. The lowest BCUT2D eigenvalue weighted by molar-refractivity contribution is -0.115. The molecule has 2 rings (SSSR count). The Balaban J connectivity index is 2.02. The molecule has 1 amide bonds. The maximum atomic E-state index is 12.0. The van der Waals surface area contributed by atoms with Crippen molar-refractivity contribution in [1.29, 1.82) is 0 Å². The number of thioether (sulfide) groups is 1. The Hall–Kier alpha value is -1.86. The van der Waals surface area contributed by atoms with Crippen LogP contribution in [0.2, 0.25) is 5.02 Å². The van der Waals surface area contributed by atoms with Gasteiger partial charge < -0.3 is 5.32 Å². The second kappa shape index (κ2) is 6.53. The molecule has 1 heterocycles. The van der Waals surface area contributed by atoms with E-state index in [1.165, 1.54) is 0 Å². The summed E-state index contributed by atoms with van der Waals surface area (Å²) in [7, 11) is 0. The van der Waals surface area contributed by atoms with Gasteiger partial charge in [-0.05, 0) is 19.1 Å². The van der Waals surface area contributed by atoms with Crippen LogP contribution in [0.3, 0.4) is 0 Å². The zero-order valence-electron chi connectivity index (χ0n) is 10.5. The highest BCUT2D eigenvalue weighted by atomic mass is 35.5. The number of nitrogens with one attached hydrogen (secondary N) is 2. The quantitative estimate of drug-likeness (QED) is 0.843. The van der Waals surface area contributed by atoms with Crippen LogP contribution >= 0.6 is 23.4 Å². The highest BCUT2D eigenvalue weighted by Gasteiger charge is 2.16.